The van der Waals surface area contributed by atoms with E-state index in [0.717, 1.165) is 0 Å². The van der Waals surface area contributed by atoms with Crippen LogP contribution in [0.15, 0.2) is 12.5 Å². The summed E-state index contributed by atoms with van der Waals surface area (Å²) in [5.41, 5.74) is 0.637. The Morgan fingerprint density at radius 1 is 1.58 bits per heavy atom. The molecule has 0 radical (unpaired) electrons. The number of urea groups is 1. The lowest BCUT2D eigenvalue weighted by Gasteiger charge is -2.16. The van der Waals surface area contributed by atoms with E-state index in [9.17, 15) is 9.59 Å². The Morgan fingerprint density at radius 3 is 2.84 bits per heavy atom. The Kier molecular flexibility index (Phi) is 5.80. The fourth-order valence-corrected chi connectivity index (χ4v) is 1.35. The molecule has 4 N–H and O–H groups in total. The number of carboxylic acid groups (broad SMARTS) is 1. The van der Waals surface area contributed by atoms with Crippen LogP contribution in [0.5, 0.6) is 0 Å². The number of ether oxygens (including phenoxy) is 1. The first-order valence-electron chi connectivity index (χ1n) is 5.80. The van der Waals surface area contributed by atoms with Gasteiger partial charge in [0.1, 0.15) is 6.04 Å². The minimum absolute atomic E-state index is 0.137. The number of imidazole rings is 1. The van der Waals surface area contributed by atoms with E-state index in [0.29, 0.717) is 12.2 Å². The van der Waals surface area contributed by atoms with Crippen LogP contribution in [0, 0.1) is 0 Å². The summed E-state index contributed by atoms with van der Waals surface area (Å²) in [7, 11) is 1.53. The highest BCUT2D eigenvalue weighted by Crippen LogP contribution is 1.98. The molecular formula is C11H18N4O4. The van der Waals surface area contributed by atoms with E-state index in [-0.39, 0.29) is 12.5 Å². The number of carbonyl (C=O) groups excluding carboxylic acids is 1. The Labute approximate surface area is 110 Å². The fourth-order valence-electron chi connectivity index (χ4n) is 1.35. The highest BCUT2D eigenvalue weighted by atomic mass is 16.5. The van der Waals surface area contributed by atoms with Crippen LogP contribution in [0.4, 0.5) is 4.79 Å². The normalized spacial score (nSPS) is 13.6. The van der Waals surface area contributed by atoms with Gasteiger partial charge in [0.25, 0.3) is 0 Å². The second kappa shape index (κ2) is 7.37. The molecule has 1 heterocycles. The number of rotatable bonds is 7. The number of aromatic amines is 1. The first-order chi connectivity index (χ1) is 9.02. The van der Waals surface area contributed by atoms with Crippen molar-refractivity contribution in [3.63, 3.8) is 0 Å². The predicted molar refractivity (Wildman–Crippen MR) is 66.7 cm³/mol. The largest absolute Gasteiger partial charge is 0.480 e. The average molecular weight is 270 g/mol. The van der Waals surface area contributed by atoms with E-state index in [4.69, 9.17) is 9.84 Å². The molecule has 0 bridgehead atoms. The molecule has 0 aliphatic heterocycles. The Balaban J connectivity index is 2.45. The van der Waals surface area contributed by atoms with Crippen LogP contribution >= 0.6 is 0 Å². The van der Waals surface area contributed by atoms with Crippen molar-refractivity contribution >= 4 is 12.0 Å². The van der Waals surface area contributed by atoms with Gasteiger partial charge in [-0.15, -0.1) is 0 Å². The van der Waals surface area contributed by atoms with E-state index >= 15 is 0 Å². The van der Waals surface area contributed by atoms with Gasteiger partial charge < -0.3 is 25.5 Å². The topological polar surface area (TPSA) is 116 Å². The lowest BCUT2D eigenvalue weighted by molar-refractivity contribution is -0.139. The van der Waals surface area contributed by atoms with Gasteiger partial charge >= 0.3 is 12.0 Å². The van der Waals surface area contributed by atoms with E-state index in [1.165, 1.54) is 19.6 Å². The molecule has 0 saturated carbocycles. The third kappa shape index (κ3) is 5.38. The van der Waals surface area contributed by atoms with Crippen molar-refractivity contribution < 1.29 is 19.4 Å². The van der Waals surface area contributed by atoms with E-state index in [1.54, 1.807) is 6.92 Å². The third-order valence-corrected chi connectivity index (χ3v) is 2.53. The molecule has 2 unspecified atom stereocenters. The van der Waals surface area contributed by atoms with Gasteiger partial charge in [0.2, 0.25) is 0 Å². The number of amides is 2. The summed E-state index contributed by atoms with van der Waals surface area (Å²) in [5.74, 6) is -1.11. The molecule has 2 amide bonds. The number of carboxylic acids is 1. The summed E-state index contributed by atoms with van der Waals surface area (Å²) < 4.78 is 4.97. The number of aromatic nitrogens is 2. The molecule has 0 spiro atoms. The second-order valence-corrected chi connectivity index (χ2v) is 4.07. The Morgan fingerprint density at radius 2 is 2.32 bits per heavy atom. The smallest absolute Gasteiger partial charge is 0.326 e. The molecule has 0 fully saturated rings. The number of methoxy groups -OCH3 is 1. The zero-order chi connectivity index (χ0) is 14.3. The van der Waals surface area contributed by atoms with Crippen LogP contribution < -0.4 is 10.6 Å². The van der Waals surface area contributed by atoms with Gasteiger partial charge in [-0.3, -0.25) is 0 Å². The summed E-state index contributed by atoms with van der Waals surface area (Å²) in [5, 5.41) is 14.0. The summed E-state index contributed by atoms with van der Waals surface area (Å²) in [6.07, 6.45) is 2.97. The molecule has 1 aromatic rings. The van der Waals surface area contributed by atoms with Crippen molar-refractivity contribution in [3.05, 3.63) is 18.2 Å². The lowest BCUT2D eigenvalue weighted by atomic mass is 10.2. The number of nitrogens with zero attached hydrogens (tertiary/aromatic N) is 1. The maximum Gasteiger partial charge on any atom is 0.326 e. The van der Waals surface area contributed by atoms with Crippen molar-refractivity contribution in [1.82, 2.24) is 20.6 Å². The minimum atomic E-state index is -1.11. The lowest BCUT2D eigenvalue weighted by Crippen LogP contribution is -2.48. The molecule has 0 aliphatic carbocycles. The fraction of sp³-hybridized carbons (Fsp3) is 0.545. The number of H-pyrrole nitrogens is 1. The molecule has 2 atom stereocenters. The molecular weight excluding hydrogens is 252 g/mol. The summed E-state index contributed by atoms with van der Waals surface area (Å²) in [4.78, 5) is 29.2. The third-order valence-electron chi connectivity index (χ3n) is 2.53. The van der Waals surface area contributed by atoms with Crippen LogP contribution in [-0.2, 0) is 16.0 Å². The molecule has 1 aromatic heterocycles. The van der Waals surface area contributed by atoms with Gasteiger partial charge in [0.15, 0.2) is 0 Å². The molecule has 1 rings (SSSR count). The minimum Gasteiger partial charge on any atom is -0.480 e. The quantitative estimate of drug-likeness (QED) is 0.544. The van der Waals surface area contributed by atoms with Gasteiger partial charge in [-0.05, 0) is 6.92 Å². The monoisotopic (exact) mass is 270 g/mol. The highest BCUT2D eigenvalue weighted by molar-refractivity contribution is 5.82. The zero-order valence-electron chi connectivity index (χ0n) is 10.8. The van der Waals surface area contributed by atoms with E-state index in [1.807, 2.05) is 0 Å². The van der Waals surface area contributed by atoms with Crippen LogP contribution in [-0.4, -0.2) is 52.9 Å². The SMILES string of the molecule is COC(C)CNC(=O)NC(Cc1cnc[nH]1)C(=O)O. The molecule has 8 heteroatoms. The van der Waals surface area contributed by atoms with Gasteiger partial charge in [-0.2, -0.15) is 0 Å². The molecule has 0 saturated heterocycles. The maximum atomic E-state index is 11.5. The van der Waals surface area contributed by atoms with Gasteiger partial charge in [-0.25, -0.2) is 14.6 Å². The van der Waals surface area contributed by atoms with Crippen LogP contribution in [0.1, 0.15) is 12.6 Å². The van der Waals surface area contributed by atoms with E-state index < -0.39 is 18.0 Å². The number of carbonyl (C=O) groups is 2. The van der Waals surface area contributed by atoms with Crippen molar-refractivity contribution in [2.75, 3.05) is 13.7 Å². The van der Waals surface area contributed by atoms with Crippen LogP contribution in [0.25, 0.3) is 0 Å². The number of aliphatic carboxylic acids is 1. The molecule has 8 nitrogen and oxygen atoms in total. The van der Waals surface area contributed by atoms with Crippen molar-refractivity contribution in [2.24, 2.45) is 0 Å². The second-order valence-electron chi connectivity index (χ2n) is 4.07. The van der Waals surface area contributed by atoms with Crippen LogP contribution in [0.2, 0.25) is 0 Å². The number of hydrogen-bond acceptors (Lipinski definition) is 4. The van der Waals surface area contributed by atoms with Gasteiger partial charge in [0, 0.05) is 32.0 Å². The van der Waals surface area contributed by atoms with Crippen molar-refractivity contribution in [2.45, 2.75) is 25.5 Å². The average Bonchev–Trinajstić information content (AvgIpc) is 2.87. The predicted octanol–water partition coefficient (Wildman–Crippen LogP) is -0.260. The van der Waals surface area contributed by atoms with Crippen molar-refractivity contribution in [3.8, 4) is 0 Å². The van der Waals surface area contributed by atoms with Gasteiger partial charge in [0.05, 0.1) is 12.4 Å². The summed E-state index contributed by atoms with van der Waals surface area (Å²) in [6.45, 7) is 2.10. The Hall–Kier alpha value is -2.09. The van der Waals surface area contributed by atoms with Crippen LogP contribution in [0.3, 0.4) is 0 Å². The molecule has 0 aliphatic rings. The first-order valence-corrected chi connectivity index (χ1v) is 5.80. The van der Waals surface area contributed by atoms with Gasteiger partial charge in [-0.1, -0.05) is 0 Å². The maximum absolute atomic E-state index is 11.5. The first kappa shape index (κ1) is 15.0. The standard InChI is InChI=1S/C11H18N4O4/c1-7(19-2)4-13-11(18)15-9(10(16)17)3-8-5-12-6-14-8/h5-7,9H,3-4H2,1-2H3,(H,12,14)(H,16,17)(H2,13,15,18). The highest BCUT2D eigenvalue weighted by Gasteiger charge is 2.21. The number of nitrogens with one attached hydrogen (secondary N) is 3. The molecule has 106 valence electrons. The van der Waals surface area contributed by atoms with E-state index in [2.05, 4.69) is 20.6 Å². The molecule has 19 heavy (non-hydrogen) atoms. The molecule has 0 aromatic carbocycles. The Bertz CT molecular complexity index is 407. The van der Waals surface area contributed by atoms with Crippen molar-refractivity contribution in [1.29, 1.82) is 0 Å². The zero-order valence-corrected chi connectivity index (χ0v) is 10.8. The number of hydrogen-bond donors (Lipinski definition) is 4. The summed E-state index contributed by atoms with van der Waals surface area (Å²) in [6, 6.07) is -1.56. The summed E-state index contributed by atoms with van der Waals surface area (Å²) >= 11 is 0.